The van der Waals surface area contributed by atoms with Gasteiger partial charge in [0.2, 0.25) is 0 Å². The van der Waals surface area contributed by atoms with Crippen LogP contribution < -0.4 is 5.32 Å². The van der Waals surface area contributed by atoms with Crippen LogP contribution in [0.15, 0.2) is 24.3 Å². The van der Waals surface area contributed by atoms with Gasteiger partial charge in [-0.05, 0) is 31.2 Å². The summed E-state index contributed by atoms with van der Waals surface area (Å²) >= 11 is 0. The van der Waals surface area contributed by atoms with Crippen molar-refractivity contribution in [2.24, 2.45) is 11.8 Å². The van der Waals surface area contributed by atoms with E-state index in [4.69, 9.17) is 0 Å². The lowest BCUT2D eigenvalue weighted by Gasteiger charge is -2.36. The monoisotopic (exact) mass is 319 g/mol. The highest BCUT2D eigenvalue weighted by Crippen LogP contribution is 2.21. The van der Waals surface area contributed by atoms with Crippen LogP contribution >= 0.6 is 0 Å². The summed E-state index contributed by atoms with van der Waals surface area (Å²) in [5, 5.41) is 13.9. The van der Waals surface area contributed by atoms with Gasteiger partial charge >= 0.3 is 0 Å². The summed E-state index contributed by atoms with van der Waals surface area (Å²) < 4.78 is 0. The summed E-state index contributed by atoms with van der Waals surface area (Å²) in [6.07, 6.45) is 1.24. The Balaban J connectivity index is 1.96. The summed E-state index contributed by atoms with van der Waals surface area (Å²) in [5.74, 6) is 0.941. The second kappa shape index (κ2) is 7.55. The Morgan fingerprint density at radius 3 is 2.57 bits per heavy atom. The van der Waals surface area contributed by atoms with Crippen LogP contribution in [0.3, 0.4) is 0 Å². The Labute approximate surface area is 137 Å². The number of nitro benzene ring substituents is 1. The van der Waals surface area contributed by atoms with Crippen molar-refractivity contribution < 1.29 is 9.72 Å². The molecule has 1 aliphatic heterocycles. The molecule has 23 heavy (non-hydrogen) atoms. The second-order valence-corrected chi connectivity index (χ2v) is 6.81. The van der Waals surface area contributed by atoms with Crippen molar-refractivity contribution in [2.45, 2.75) is 33.2 Å². The molecule has 1 amide bonds. The lowest BCUT2D eigenvalue weighted by molar-refractivity contribution is -0.385. The molecule has 1 fully saturated rings. The van der Waals surface area contributed by atoms with E-state index in [1.807, 2.05) is 6.92 Å². The van der Waals surface area contributed by atoms with Gasteiger partial charge in [0.1, 0.15) is 5.56 Å². The van der Waals surface area contributed by atoms with E-state index in [-0.39, 0.29) is 23.2 Å². The molecular weight excluding hydrogens is 294 g/mol. The van der Waals surface area contributed by atoms with Crippen LogP contribution in [-0.4, -0.2) is 41.4 Å². The number of carbonyl (C=O) groups excluding carboxylic acids is 1. The van der Waals surface area contributed by atoms with Gasteiger partial charge in [-0.3, -0.25) is 14.9 Å². The third kappa shape index (κ3) is 4.76. The minimum atomic E-state index is -0.520. The largest absolute Gasteiger partial charge is 0.348 e. The quantitative estimate of drug-likeness (QED) is 0.669. The van der Waals surface area contributed by atoms with Crippen LogP contribution in [0.25, 0.3) is 0 Å². The van der Waals surface area contributed by atoms with Gasteiger partial charge in [0.25, 0.3) is 11.6 Å². The van der Waals surface area contributed by atoms with E-state index in [1.165, 1.54) is 18.6 Å². The first-order valence-corrected chi connectivity index (χ1v) is 8.13. The van der Waals surface area contributed by atoms with Gasteiger partial charge in [0.05, 0.1) is 4.92 Å². The molecule has 0 radical (unpaired) electrons. The highest BCUT2D eigenvalue weighted by molar-refractivity contribution is 5.98. The van der Waals surface area contributed by atoms with Gasteiger partial charge in [-0.1, -0.05) is 26.0 Å². The summed E-state index contributed by atoms with van der Waals surface area (Å²) in [5.41, 5.74) is -0.0397. The molecule has 2 rings (SSSR count). The molecule has 3 atom stereocenters. The normalized spacial score (nSPS) is 23.3. The molecule has 0 spiro atoms. The number of benzene rings is 1. The molecule has 6 heteroatoms. The fraction of sp³-hybridized carbons (Fsp3) is 0.588. The standard InChI is InChI=1S/C17H25N3O3/c1-12-8-13(2)10-19(9-12)11-14(3)18-17(21)15-6-4-5-7-16(15)20(22)23/h4-7,12-14H,8-11H2,1-3H3,(H,18,21). The zero-order valence-electron chi connectivity index (χ0n) is 14.0. The van der Waals surface area contributed by atoms with E-state index in [0.29, 0.717) is 11.8 Å². The fourth-order valence-electron chi connectivity index (χ4n) is 3.50. The average Bonchev–Trinajstić information content (AvgIpc) is 2.45. The lowest BCUT2D eigenvalue weighted by Crippen LogP contribution is -2.47. The highest BCUT2D eigenvalue weighted by Gasteiger charge is 2.25. The third-order valence-electron chi connectivity index (χ3n) is 4.20. The minimum Gasteiger partial charge on any atom is -0.348 e. The first-order chi connectivity index (χ1) is 10.9. The number of rotatable bonds is 5. The van der Waals surface area contributed by atoms with Gasteiger partial charge in [0, 0.05) is 31.7 Å². The molecule has 0 saturated carbocycles. The number of amides is 1. The molecule has 1 N–H and O–H groups in total. The Morgan fingerprint density at radius 1 is 1.35 bits per heavy atom. The number of hydrogen-bond donors (Lipinski definition) is 1. The molecule has 3 unspecified atom stereocenters. The number of nitro groups is 1. The number of carbonyl (C=O) groups is 1. The summed E-state index contributed by atoms with van der Waals surface area (Å²) in [6, 6.07) is 5.99. The van der Waals surface area contributed by atoms with E-state index in [1.54, 1.807) is 12.1 Å². The van der Waals surface area contributed by atoms with Crippen LogP contribution in [0.4, 0.5) is 5.69 Å². The first kappa shape index (κ1) is 17.4. The molecule has 1 saturated heterocycles. The molecular formula is C17H25N3O3. The summed E-state index contributed by atoms with van der Waals surface area (Å²) in [7, 11) is 0. The molecule has 0 aromatic heterocycles. The van der Waals surface area contributed by atoms with E-state index >= 15 is 0 Å². The summed E-state index contributed by atoms with van der Waals surface area (Å²) in [6.45, 7) is 9.28. The predicted molar refractivity (Wildman–Crippen MR) is 89.4 cm³/mol. The second-order valence-electron chi connectivity index (χ2n) is 6.81. The zero-order chi connectivity index (χ0) is 17.0. The summed E-state index contributed by atoms with van der Waals surface area (Å²) in [4.78, 5) is 25.2. The molecule has 126 valence electrons. The van der Waals surface area contributed by atoms with Crippen molar-refractivity contribution in [3.05, 3.63) is 39.9 Å². The molecule has 1 aromatic rings. The van der Waals surface area contributed by atoms with Crippen molar-refractivity contribution in [2.75, 3.05) is 19.6 Å². The van der Waals surface area contributed by atoms with Crippen LogP contribution in [0.1, 0.15) is 37.6 Å². The number of para-hydroxylation sites is 1. The van der Waals surface area contributed by atoms with Crippen LogP contribution in [0.2, 0.25) is 0 Å². The van der Waals surface area contributed by atoms with Gasteiger partial charge in [-0.2, -0.15) is 0 Å². The minimum absolute atomic E-state index is 0.0557. The van der Waals surface area contributed by atoms with Gasteiger partial charge in [0.15, 0.2) is 0 Å². The van der Waals surface area contributed by atoms with Gasteiger partial charge in [-0.15, -0.1) is 0 Å². The number of nitrogens with one attached hydrogen (secondary N) is 1. The fourth-order valence-corrected chi connectivity index (χ4v) is 3.50. The molecule has 1 heterocycles. The van der Waals surface area contributed by atoms with Gasteiger partial charge < -0.3 is 10.2 Å². The molecule has 1 aliphatic rings. The van der Waals surface area contributed by atoms with Crippen molar-refractivity contribution >= 4 is 11.6 Å². The maximum atomic E-state index is 12.3. The Bertz CT molecular complexity index is 566. The zero-order valence-corrected chi connectivity index (χ0v) is 14.0. The molecule has 1 aromatic carbocycles. The number of hydrogen-bond acceptors (Lipinski definition) is 4. The number of likely N-dealkylation sites (tertiary alicyclic amines) is 1. The molecule has 0 bridgehead atoms. The number of nitrogens with zero attached hydrogens (tertiary/aromatic N) is 2. The van der Waals surface area contributed by atoms with Crippen molar-refractivity contribution in [1.82, 2.24) is 10.2 Å². The van der Waals surface area contributed by atoms with Gasteiger partial charge in [-0.25, -0.2) is 0 Å². The van der Waals surface area contributed by atoms with Crippen LogP contribution in [0, 0.1) is 22.0 Å². The Hall–Kier alpha value is -1.95. The number of piperidine rings is 1. The molecule has 6 nitrogen and oxygen atoms in total. The van der Waals surface area contributed by atoms with E-state index in [9.17, 15) is 14.9 Å². The topological polar surface area (TPSA) is 75.5 Å². The van der Waals surface area contributed by atoms with Crippen molar-refractivity contribution in [3.8, 4) is 0 Å². The third-order valence-corrected chi connectivity index (χ3v) is 4.20. The van der Waals surface area contributed by atoms with Crippen LogP contribution in [-0.2, 0) is 0 Å². The highest BCUT2D eigenvalue weighted by atomic mass is 16.6. The SMILES string of the molecule is CC1CC(C)CN(CC(C)NC(=O)c2ccccc2[N+](=O)[O-])C1. The molecule has 0 aliphatic carbocycles. The van der Waals surface area contributed by atoms with E-state index < -0.39 is 4.92 Å². The maximum absolute atomic E-state index is 12.3. The Morgan fingerprint density at radius 2 is 1.96 bits per heavy atom. The van der Waals surface area contributed by atoms with Crippen molar-refractivity contribution in [1.29, 1.82) is 0 Å². The maximum Gasteiger partial charge on any atom is 0.282 e. The van der Waals surface area contributed by atoms with Crippen LogP contribution in [0.5, 0.6) is 0 Å². The van der Waals surface area contributed by atoms with E-state index in [2.05, 4.69) is 24.1 Å². The average molecular weight is 319 g/mol. The first-order valence-electron chi connectivity index (χ1n) is 8.13. The van der Waals surface area contributed by atoms with Crippen molar-refractivity contribution in [3.63, 3.8) is 0 Å². The van der Waals surface area contributed by atoms with E-state index in [0.717, 1.165) is 19.6 Å². The lowest BCUT2D eigenvalue weighted by atomic mass is 9.92. The predicted octanol–water partition coefficient (Wildman–Crippen LogP) is 2.69. The smallest absolute Gasteiger partial charge is 0.282 e. The Kier molecular flexibility index (Phi) is 5.71.